The van der Waals surface area contributed by atoms with Crippen LogP contribution in [0.3, 0.4) is 0 Å². The molecule has 0 saturated carbocycles. The van der Waals surface area contributed by atoms with Gasteiger partial charge in [-0.15, -0.1) is 11.8 Å². The van der Waals surface area contributed by atoms with E-state index in [-0.39, 0.29) is 17.7 Å². The molecule has 20 heavy (non-hydrogen) atoms. The molecule has 0 heterocycles. The Kier molecular flexibility index (Phi) is 5.11. The highest BCUT2D eigenvalue weighted by atomic mass is 32.2. The van der Waals surface area contributed by atoms with Gasteiger partial charge in [-0.2, -0.15) is 0 Å². The number of hydrogen-bond donors (Lipinski definition) is 2. The third-order valence-corrected chi connectivity index (χ3v) is 4.20. The van der Waals surface area contributed by atoms with Crippen molar-refractivity contribution < 1.29 is 8.78 Å². The number of hydrazine groups is 1. The minimum Gasteiger partial charge on any atom is -0.271 e. The number of rotatable bonds is 5. The number of benzene rings is 2. The highest BCUT2D eigenvalue weighted by Crippen LogP contribution is 2.28. The Morgan fingerprint density at radius 2 is 1.95 bits per heavy atom. The molecule has 2 aromatic rings. The largest absolute Gasteiger partial charge is 0.271 e. The first-order valence-corrected chi connectivity index (χ1v) is 7.20. The van der Waals surface area contributed by atoms with Gasteiger partial charge in [-0.25, -0.2) is 8.78 Å². The average molecular weight is 294 g/mol. The van der Waals surface area contributed by atoms with E-state index in [0.717, 1.165) is 11.1 Å². The molecule has 2 nitrogen and oxygen atoms in total. The van der Waals surface area contributed by atoms with Crippen LogP contribution in [0.25, 0.3) is 0 Å². The van der Waals surface area contributed by atoms with Crippen LogP contribution in [0.2, 0.25) is 0 Å². The molecule has 0 aliphatic carbocycles. The second-order valence-electron chi connectivity index (χ2n) is 4.46. The molecule has 0 radical (unpaired) electrons. The normalized spacial score (nSPS) is 12.4. The highest BCUT2D eigenvalue weighted by molar-refractivity contribution is 7.99. The second-order valence-corrected chi connectivity index (χ2v) is 5.52. The minimum absolute atomic E-state index is 0.240. The lowest BCUT2D eigenvalue weighted by atomic mass is 10.0. The van der Waals surface area contributed by atoms with E-state index in [1.54, 1.807) is 24.3 Å². The molecular weight excluding hydrogens is 278 g/mol. The van der Waals surface area contributed by atoms with Gasteiger partial charge in [0.15, 0.2) is 0 Å². The summed E-state index contributed by atoms with van der Waals surface area (Å²) in [6.07, 6.45) is 0. The van der Waals surface area contributed by atoms with E-state index in [4.69, 9.17) is 5.84 Å². The molecule has 2 aromatic carbocycles. The van der Waals surface area contributed by atoms with Crippen molar-refractivity contribution in [2.75, 3.05) is 5.75 Å². The van der Waals surface area contributed by atoms with Crippen molar-refractivity contribution in [1.82, 2.24) is 5.43 Å². The van der Waals surface area contributed by atoms with Crippen molar-refractivity contribution in [2.45, 2.75) is 17.9 Å². The minimum atomic E-state index is -0.304. The molecule has 106 valence electrons. The van der Waals surface area contributed by atoms with Crippen LogP contribution in [-0.2, 0) is 0 Å². The fraction of sp³-hybridized carbons (Fsp3) is 0.200. The lowest BCUT2D eigenvalue weighted by Crippen LogP contribution is -2.30. The Balaban J connectivity index is 2.13. The van der Waals surface area contributed by atoms with E-state index in [0.29, 0.717) is 10.6 Å². The van der Waals surface area contributed by atoms with Crippen LogP contribution in [0.5, 0.6) is 0 Å². The number of hydrogen-bond acceptors (Lipinski definition) is 3. The van der Waals surface area contributed by atoms with Gasteiger partial charge in [-0.3, -0.25) is 11.3 Å². The maximum Gasteiger partial charge on any atom is 0.136 e. The van der Waals surface area contributed by atoms with Crippen LogP contribution < -0.4 is 11.3 Å². The maximum atomic E-state index is 13.6. The van der Waals surface area contributed by atoms with E-state index in [2.05, 4.69) is 5.43 Å². The molecule has 2 rings (SSSR count). The molecule has 0 aliphatic heterocycles. The van der Waals surface area contributed by atoms with Crippen molar-refractivity contribution in [3.05, 3.63) is 65.2 Å². The van der Waals surface area contributed by atoms with Crippen LogP contribution in [0.1, 0.15) is 17.2 Å². The van der Waals surface area contributed by atoms with Crippen LogP contribution in [0.4, 0.5) is 8.78 Å². The standard InChI is InChI=1S/C15H16F2N2S/c1-10-6-7-11(16)8-12(10)14(19-18)9-20-15-5-3-2-4-13(15)17/h2-8,14,19H,9,18H2,1H3. The highest BCUT2D eigenvalue weighted by Gasteiger charge is 2.14. The quantitative estimate of drug-likeness (QED) is 0.503. The zero-order chi connectivity index (χ0) is 14.5. The Bertz CT molecular complexity index is 590. The fourth-order valence-electron chi connectivity index (χ4n) is 1.95. The van der Waals surface area contributed by atoms with Gasteiger partial charge in [0.1, 0.15) is 11.6 Å². The van der Waals surface area contributed by atoms with Crippen LogP contribution in [0.15, 0.2) is 47.4 Å². The smallest absolute Gasteiger partial charge is 0.136 e. The van der Waals surface area contributed by atoms with Gasteiger partial charge in [-0.05, 0) is 42.3 Å². The van der Waals surface area contributed by atoms with Gasteiger partial charge in [0, 0.05) is 10.6 Å². The summed E-state index contributed by atoms with van der Waals surface area (Å²) in [5.74, 6) is 5.50. The van der Waals surface area contributed by atoms with E-state index >= 15 is 0 Å². The number of nitrogens with two attached hydrogens (primary N) is 1. The lowest BCUT2D eigenvalue weighted by Gasteiger charge is -2.18. The van der Waals surface area contributed by atoms with E-state index < -0.39 is 0 Å². The number of thioether (sulfide) groups is 1. The average Bonchev–Trinajstić information content (AvgIpc) is 2.45. The molecule has 3 N–H and O–H groups in total. The molecule has 1 unspecified atom stereocenters. The Labute approximate surface area is 121 Å². The maximum absolute atomic E-state index is 13.6. The molecule has 5 heteroatoms. The zero-order valence-electron chi connectivity index (χ0n) is 11.1. The van der Waals surface area contributed by atoms with Crippen LogP contribution in [0, 0.1) is 18.6 Å². The van der Waals surface area contributed by atoms with Gasteiger partial charge in [0.2, 0.25) is 0 Å². The van der Waals surface area contributed by atoms with Crippen molar-refractivity contribution >= 4 is 11.8 Å². The molecule has 0 spiro atoms. The van der Waals surface area contributed by atoms with Crippen molar-refractivity contribution in [3.63, 3.8) is 0 Å². The van der Waals surface area contributed by atoms with E-state index in [9.17, 15) is 8.78 Å². The molecule has 0 saturated heterocycles. The molecule has 1 atom stereocenters. The molecule has 0 bridgehead atoms. The molecular formula is C15H16F2N2S. The predicted octanol–water partition coefficient (Wildman–Crippen LogP) is 3.57. The molecule has 0 amide bonds. The monoisotopic (exact) mass is 294 g/mol. The fourth-order valence-corrected chi connectivity index (χ4v) is 2.95. The summed E-state index contributed by atoms with van der Waals surface area (Å²) < 4.78 is 26.9. The number of halogens is 2. The van der Waals surface area contributed by atoms with Crippen molar-refractivity contribution in [3.8, 4) is 0 Å². The summed E-state index contributed by atoms with van der Waals surface area (Å²) >= 11 is 1.35. The van der Waals surface area contributed by atoms with Crippen molar-refractivity contribution in [1.29, 1.82) is 0 Å². The first-order chi connectivity index (χ1) is 9.61. The Morgan fingerprint density at radius 1 is 1.20 bits per heavy atom. The molecule has 0 aliphatic rings. The van der Waals surface area contributed by atoms with E-state index in [1.165, 1.54) is 30.0 Å². The van der Waals surface area contributed by atoms with Crippen LogP contribution in [-0.4, -0.2) is 5.75 Å². The number of nitrogens with one attached hydrogen (secondary N) is 1. The molecule has 0 fully saturated rings. The molecule has 0 aromatic heterocycles. The SMILES string of the molecule is Cc1ccc(F)cc1C(CSc1ccccc1F)NN. The summed E-state index contributed by atoms with van der Waals surface area (Å²) in [5.41, 5.74) is 4.40. The van der Waals surface area contributed by atoms with Gasteiger partial charge < -0.3 is 0 Å². The van der Waals surface area contributed by atoms with Crippen LogP contribution >= 0.6 is 11.8 Å². The summed E-state index contributed by atoms with van der Waals surface area (Å²) in [6, 6.07) is 10.9. The van der Waals surface area contributed by atoms with Gasteiger partial charge >= 0.3 is 0 Å². The zero-order valence-corrected chi connectivity index (χ0v) is 11.9. The first-order valence-electron chi connectivity index (χ1n) is 6.21. The van der Waals surface area contributed by atoms with E-state index in [1.807, 2.05) is 6.92 Å². The van der Waals surface area contributed by atoms with Gasteiger partial charge in [0.05, 0.1) is 6.04 Å². The topological polar surface area (TPSA) is 38.0 Å². The number of aryl methyl sites for hydroxylation is 1. The van der Waals surface area contributed by atoms with Gasteiger partial charge in [-0.1, -0.05) is 18.2 Å². The van der Waals surface area contributed by atoms with Gasteiger partial charge in [0.25, 0.3) is 0 Å². The summed E-state index contributed by atoms with van der Waals surface area (Å²) in [7, 11) is 0. The summed E-state index contributed by atoms with van der Waals surface area (Å²) in [5, 5.41) is 0. The first kappa shape index (κ1) is 15.0. The third-order valence-electron chi connectivity index (χ3n) is 3.06. The van der Waals surface area contributed by atoms with Crippen molar-refractivity contribution in [2.24, 2.45) is 5.84 Å². The summed E-state index contributed by atoms with van der Waals surface area (Å²) in [6.45, 7) is 1.90. The Morgan fingerprint density at radius 3 is 2.65 bits per heavy atom. The summed E-state index contributed by atoms with van der Waals surface area (Å²) in [4.78, 5) is 0.557. The predicted molar refractivity (Wildman–Crippen MR) is 78.3 cm³/mol. The third kappa shape index (κ3) is 3.56. The second kappa shape index (κ2) is 6.83. The lowest BCUT2D eigenvalue weighted by molar-refractivity contribution is 0.585. The Hall–Kier alpha value is -1.43.